The number of carbonyl (C=O) groups is 1. The average molecular weight is 359 g/mol. The van der Waals surface area contributed by atoms with E-state index in [2.05, 4.69) is 5.32 Å². The standard InChI is InChI=1S/C14H12Cl2N2O3S/c1-8-4-2-3-5-12(8)18-14(19)9-6-13(22(17,20)21)11(16)7-10(9)15/h2-7H,1H3,(H,18,19)(H2,17,20,21). The zero-order valence-corrected chi connectivity index (χ0v) is 13.8. The lowest BCUT2D eigenvalue weighted by molar-refractivity contribution is 0.102. The third kappa shape index (κ3) is 3.59. The molecule has 8 heteroatoms. The van der Waals surface area contributed by atoms with Gasteiger partial charge in [-0.15, -0.1) is 0 Å². The monoisotopic (exact) mass is 358 g/mol. The SMILES string of the molecule is Cc1ccccc1NC(=O)c1cc(S(N)(=O)=O)c(Cl)cc1Cl. The minimum atomic E-state index is -4.06. The Balaban J connectivity index is 2.44. The fourth-order valence-corrected chi connectivity index (χ4v) is 3.23. The minimum absolute atomic E-state index is 0.0293. The van der Waals surface area contributed by atoms with Crippen molar-refractivity contribution in [2.45, 2.75) is 11.8 Å². The number of anilines is 1. The van der Waals surface area contributed by atoms with E-state index < -0.39 is 15.9 Å². The molecule has 3 N–H and O–H groups in total. The Kier molecular flexibility index (Phi) is 4.77. The van der Waals surface area contributed by atoms with Gasteiger partial charge >= 0.3 is 0 Å². The van der Waals surface area contributed by atoms with Gasteiger partial charge in [0, 0.05) is 5.69 Å². The van der Waals surface area contributed by atoms with Crippen LogP contribution in [0.2, 0.25) is 10.0 Å². The summed E-state index contributed by atoms with van der Waals surface area (Å²) in [6, 6.07) is 9.39. The Labute approximate surface area is 138 Å². The van der Waals surface area contributed by atoms with Crippen LogP contribution in [0.15, 0.2) is 41.3 Å². The van der Waals surface area contributed by atoms with Gasteiger partial charge in [-0.25, -0.2) is 13.6 Å². The zero-order chi connectivity index (χ0) is 16.5. The molecular formula is C14H12Cl2N2O3S. The number of sulfonamides is 1. The molecule has 0 aliphatic heterocycles. The van der Waals surface area contributed by atoms with Crippen molar-refractivity contribution in [2.75, 3.05) is 5.32 Å². The first-order chi connectivity index (χ1) is 10.2. The number of nitrogens with one attached hydrogen (secondary N) is 1. The summed E-state index contributed by atoms with van der Waals surface area (Å²) in [5.41, 5.74) is 1.42. The number of primary sulfonamides is 1. The molecule has 0 saturated carbocycles. The van der Waals surface area contributed by atoms with Gasteiger partial charge in [-0.2, -0.15) is 0 Å². The summed E-state index contributed by atoms with van der Waals surface area (Å²) in [6.45, 7) is 1.83. The van der Waals surface area contributed by atoms with Gasteiger partial charge < -0.3 is 5.32 Å². The van der Waals surface area contributed by atoms with Crippen molar-refractivity contribution in [3.8, 4) is 0 Å². The molecule has 2 rings (SSSR count). The molecule has 22 heavy (non-hydrogen) atoms. The number of hydrogen-bond donors (Lipinski definition) is 2. The normalized spacial score (nSPS) is 11.3. The van der Waals surface area contributed by atoms with E-state index >= 15 is 0 Å². The number of para-hydroxylation sites is 1. The first kappa shape index (κ1) is 16.8. The van der Waals surface area contributed by atoms with E-state index in [1.54, 1.807) is 12.1 Å². The summed E-state index contributed by atoms with van der Waals surface area (Å²) in [5, 5.41) is 7.62. The van der Waals surface area contributed by atoms with Crippen LogP contribution in [0.3, 0.4) is 0 Å². The molecule has 0 bridgehead atoms. The van der Waals surface area contributed by atoms with Gasteiger partial charge in [-0.1, -0.05) is 41.4 Å². The number of carbonyl (C=O) groups excluding carboxylic acids is 1. The first-order valence-electron chi connectivity index (χ1n) is 6.09. The number of rotatable bonds is 3. The molecule has 0 aliphatic carbocycles. The first-order valence-corrected chi connectivity index (χ1v) is 8.39. The number of halogens is 2. The molecule has 0 radical (unpaired) electrons. The van der Waals surface area contributed by atoms with Gasteiger partial charge in [-0.3, -0.25) is 4.79 Å². The summed E-state index contributed by atoms with van der Waals surface area (Å²) in [4.78, 5) is 12.0. The van der Waals surface area contributed by atoms with Crippen LogP contribution in [0.25, 0.3) is 0 Å². The van der Waals surface area contributed by atoms with E-state index in [4.69, 9.17) is 28.3 Å². The third-order valence-electron chi connectivity index (χ3n) is 2.97. The Bertz CT molecular complexity index is 851. The van der Waals surface area contributed by atoms with E-state index in [0.29, 0.717) is 5.69 Å². The molecular weight excluding hydrogens is 347 g/mol. The second-order valence-electron chi connectivity index (χ2n) is 4.58. The maximum absolute atomic E-state index is 12.3. The molecule has 2 aromatic carbocycles. The molecule has 0 fully saturated rings. The smallest absolute Gasteiger partial charge is 0.257 e. The van der Waals surface area contributed by atoms with Gasteiger partial charge in [0.15, 0.2) is 0 Å². The fraction of sp³-hybridized carbons (Fsp3) is 0.0714. The summed E-state index contributed by atoms with van der Waals surface area (Å²) >= 11 is 11.8. The van der Waals surface area contributed by atoms with Crippen LogP contribution in [0, 0.1) is 6.92 Å². The molecule has 5 nitrogen and oxygen atoms in total. The molecule has 1 amide bonds. The highest BCUT2D eigenvalue weighted by Gasteiger charge is 2.20. The maximum Gasteiger partial charge on any atom is 0.257 e. The van der Waals surface area contributed by atoms with Gasteiger partial charge in [0.1, 0.15) is 4.90 Å². The van der Waals surface area contributed by atoms with E-state index in [1.165, 1.54) is 6.07 Å². The lowest BCUT2D eigenvalue weighted by Crippen LogP contribution is -2.17. The number of aryl methyl sites for hydroxylation is 1. The predicted octanol–water partition coefficient (Wildman–Crippen LogP) is 3.20. The van der Waals surface area contributed by atoms with E-state index in [0.717, 1.165) is 11.6 Å². The second-order valence-corrected chi connectivity index (χ2v) is 6.92. The van der Waals surface area contributed by atoms with E-state index in [-0.39, 0.29) is 20.5 Å². The largest absolute Gasteiger partial charge is 0.322 e. The molecule has 0 unspecified atom stereocenters. The fourth-order valence-electron chi connectivity index (χ4n) is 1.82. The summed E-state index contributed by atoms with van der Waals surface area (Å²) in [5.74, 6) is -0.555. The highest BCUT2D eigenvalue weighted by molar-refractivity contribution is 7.89. The van der Waals surface area contributed by atoms with Crippen LogP contribution in [0.1, 0.15) is 15.9 Å². The van der Waals surface area contributed by atoms with Crippen LogP contribution in [0.4, 0.5) is 5.69 Å². The molecule has 0 aliphatic rings. The van der Waals surface area contributed by atoms with Gasteiger partial charge in [-0.05, 0) is 30.7 Å². The zero-order valence-electron chi connectivity index (χ0n) is 11.4. The van der Waals surface area contributed by atoms with Crippen molar-refractivity contribution in [2.24, 2.45) is 5.14 Å². The molecule has 0 atom stereocenters. The van der Waals surface area contributed by atoms with Crippen molar-refractivity contribution in [3.63, 3.8) is 0 Å². The maximum atomic E-state index is 12.3. The highest BCUT2D eigenvalue weighted by atomic mass is 35.5. The lowest BCUT2D eigenvalue weighted by atomic mass is 10.1. The lowest BCUT2D eigenvalue weighted by Gasteiger charge is -2.11. The van der Waals surface area contributed by atoms with E-state index in [9.17, 15) is 13.2 Å². The van der Waals surface area contributed by atoms with Crippen LogP contribution in [-0.2, 0) is 10.0 Å². The van der Waals surface area contributed by atoms with E-state index in [1.807, 2.05) is 19.1 Å². The molecule has 116 valence electrons. The van der Waals surface area contributed by atoms with Gasteiger partial charge in [0.25, 0.3) is 5.91 Å². The van der Waals surface area contributed by atoms with Crippen LogP contribution >= 0.6 is 23.2 Å². The van der Waals surface area contributed by atoms with Crippen LogP contribution in [0.5, 0.6) is 0 Å². The van der Waals surface area contributed by atoms with Crippen LogP contribution < -0.4 is 10.5 Å². The third-order valence-corrected chi connectivity index (χ3v) is 4.65. The number of amides is 1. The molecule has 0 saturated heterocycles. The highest BCUT2D eigenvalue weighted by Crippen LogP contribution is 2.28. The summed E-state index contributed by atoms with van der Waals surface area (Å²) in [7, 11) is -4.06. The molecule has 0 aromatic heterocycles. The number of nitrogens with two attached hydrogens (primary N) is 1. The molecule has 2 aromatic rings. The van der Waals surface area contributed by atoms with Crippen molar-refractivity contribution in [1.82, 2.24) is 0 Å². The van der Waals surface area contributed by atoms with Crippen molar-refractivity contribution in [1.29, 1.82) is 0 Å². The Morgan fingerprint density at radius 2 is 1.77 bits per heavy atom. The quantitative estimate of drug-likeness (QED) is 0.882. The number of hydrogen-bond acceptors (Lipinski definition) is 3. The minimum Gasteiger partial charge on any atom is -0.322 e. The van der Waals surface area contributed by atoms with Crippen molar-refractivity contribution < 1.29 is 13.2 Å². The topological polar surface area (TPSA) is 89.3 Å². The summed E-state index contributed by atoms with van der Waals surface area (Å²) < 4.78 is 22.9. The summed E-state index contributed by atoms with van der Waals surface area (Å²) in [6.07, 6.45) is 0. The Morgan fingerprint density at radius 1 is 1.14 bits per heavy atom. The average Bonchev–Trinajstić information content (AvgIpc) is 2.39. The van der Waals surface area contributed by atoms with Gasteiger partial charge in [0.05, 0.1) is 15.6 Å². The van der Waals surface area contributed by atoms with Crippen LogP contribution in [-0.4, -0.2) is 14.3 Å². The predicted molar refractivity (Wildman–Crippen MR) is 87.0 cm³/mol. The Morgan fingerprint density at radius 3 is 2.36 bits per heavy atom. The van der Waals surface area contributed by atoms with Gasteiger partial charge in [0.2, 0.25) is 10.0 Å². The molecule has 0 spiro atoms. The molecule has 0 heterocycles. The Hall–Kier alpha value is -1.60. The van der Waals surface area contributed by atoms with Crippen molar-refractivity contribution >= 4 is 44.8 Å². The number of benzene rings is 2. The second kappa shape index (κ2) is 6.26. The van der Waals surface area contributed by atoms with Crippen molar-refractivity contribution in [3.05, 3.63) is 57.6 Å².